The molecule has 6 nitrogen and oxygen atoms in total. The van der Waals surface area contributed by atoms with Gasteiger partial charge in [-0.15, -0.1) is 0 Å². The number of ether oxygens (including phenoxy) is 1. The lowest BCUT2D eigenvalue weighted by Gasteiger charge is -2.10. The summed E-state index contributed by atoms with van der Waals surface area (Å²) in [5.41, 5.74) is 2.49. The minimum Gasteiger partial charge on any atom is -0.492 e. The van der Waals surface area contributed by atoms with Gasteiger partial charge in [-0.3, -0.25) is 4.79 Å². The second-order valence-corrected chi connectivity index (χ2v) is 5.30. The highest BCUT2D eigenvalue weighted by atomic mass is 16.5. The Balaban J connectivity index is 1.69. The van der Waals surface area contributed by atoms with Crippen LogP contribution in [0.25, 0.3) is 0 Å². The van der Waals surface area contributed by atoms with Crippen molar-refractivity contribution in [2.75, 3.05) is 23.8 Å². The third-order valence-electron chi connectivity index (χ3n) is 3.14. The summed E-state index contributed by atoms with van der Waals surface area (Å²) in [6.45, 7) is 4.23. The Kier molecular flexibility index (Phi) is 6.19. The molecule has 24 heavy (non-hydrogen) atoms. The fourth-order valence-corrected chi connectivity index (χ4v) is 1.98. The maximum atomic E-state index is 11.8. The van der Waals surface area contributed by atoms with Crippen LogP contribution in [0.1, 0.15) is 12.5 Å². The van der Waals surface area contributed by atoms with E-state index in [4.69, 9.17) is 4.74 Å². The van der Waals surface area contributed by atoms with Crippen molar-refractivity contribution in [3.8, 4) is 5.75 Å². The second kappa shape index (κ2) is 8.57. The molecule has 0 unspecified atom stereocenters. The van der Waals surface area contributed by atoms with Crippen LogP contribution in [0, 0.1) is 6.92 Å². The third-order valence-corrected chi connectivity index (χ3v) is 3.14. The van der Waals surface area contributed by atoms with Crippen LogP contribution in [0.15, 0.2) is 48.5 Å². The van der Waals surface area contributed by atoms with Gasteiger partial charge in [0.15, 0.2) is 0 Å². The SMILES string of the molecule is CC(=O)Nc1ccc(NC(=O)NCCOc2ccc(C)cc2)cc1. The highest BCUT2D eigenvalue weighted by molar-refractivity contribution is 5.91. The minimum atomic E-state index is -0.310. The van der Waals surface area contributed by atoms with Crippen molar-refractivity contribution >= 4 is 23.3 Å². The number of carbonyl (C=O) groups is 2. The highest BCUT2D eigenvalue weighted by Crippen LogP contribution is 2.13. The Morgan fingerprint density at radius 2 is 1.50 bits per heavy atom. The van der Waals surface area contributed by atoms with Gasteiger partial charge in [0.1, 0.15) is 12.4 Å². The number of amides is 3. The summed E-state index contributed by atoms with van der Waals surface area (Å²) >= 11 is 0. The molecular formula is C18H21N3O3. The van der Waals surface area contributed by atoms with Crippen molar-refractivity contribution in [3.63, 3.8) is 0 Å². The quantitative estimate of drug-likeness (QED) is 0.713. The molecule has 0 atom stereocenters. The van der Waals surface area contributed by atoms with Gasteiger partial charge in [0.25, 0.3) is 0 Å². The molecule has 0 radical (unpaired) electrons. The molecule has 3 amide bonds. The standard InChI is InChI=1S/C18H21N3O3/c1-13-3-9-17(10-4-13)24-12-11-19-18(23)21-16-7-5-15(6-8-16)20-14(2)22/h3-10H,11-12H2,1-2H3,(H,20,22)(H2,19,21,23). The minimum absolute atomic E-state index is 0.137. The van der Waals surface area contributed by atoms with Crippen LogP contribution in [0.3, 0.4) is 0 Å². The number of aryl methyl sites for hydroxylation is 1. The lowest BCUT2D eigenvalue weighted by atomic mass is 10.2. The van der Waals surface area contributed by atoms with Crippen LogP contribution in [0.5, 0.6) is 5.75 Å². The Labute approximate surface area is 141 Å². The van der Waals surface area contributed by atoms with E-state index in [0.717, 1.165) is 5.75 Å². The number of rotatable bonds is 6. The fourth-order valence-electron chi connectivity index (χ4n) is 1.98. The summed E-state index contributed by atoms with van der Waals surface area (Å²) in [6, 6.07) is 14.3. The molecule has 0 aliphatic carbocycles. The number of anilines is 2. The average molecular weight is 327 g/mol. The van der Waals surface area contributed by atoms with Crippen molar-refractivity contribution in [1.82, 2.24) is 5.32 Å². The number of hydrogen-bond donors (Lipinski definition) is 3. The molecule has 3 N–H and O–H groups in total. The first-order valence-corrected chi connectivity index (χ1v) is 7.65. The van der Waals surface area contributed by atoms with E-state index in [1.165, 1.54) is 12.5 Å². The van der Waals surface area contributed by atoms with E-state index in [-0.39, 0.29) is 11.9 Å². The molecule has 0 heterocycles. The molecule has 126 valence electrons. The Bertz CT molecular complexity index is 682. The van der Waals surface area contributed by atoms with Gasteiger partial charge < -0.3 is 20.7 Å². The van der Waals surface area contributed by atoms with E-state index in [1.807, 2.05) is 31.2 Å². The fraction of sp³-hybridized carbons (Fsp3) is 0.222. The van der Waals surface area contributed by atoms with Crippen molar-refractivity contribution in [2.45, 2.75) is 13.8 Å². The number of urea groups is 1. The van der Waals surface area contributed by atoms with E-state index >= 15 is 0 Å². The predicted octanol–water partition coefficient (Wildman–Crippen LogP) is 3.15. The summed E-state index contributed by atoms with van der Waals surface area (Å²) in [4.78, 5) is 22.7. The molecule has 6 heteroatoms. The summed E-state index contributed by atoms with van der Waals surface area (Å²) in [7, 11) is 0. The number of hydrogen-bond acceptors (Lipinski definition) is 3. The lowest BCUT2D eigenvalue weighted by Crippen LogP contribution is -2.32. The van der Waals surface area contributed by atoms with Crippen LogP contribution >= 0.6 is 0 Å². The Hall–Kier alpha value is -3.02. The maximum Gasteiger partial charge on any atom is 0.319 e. The largest absolute Gasteiger partial charge is 0.492 e. The molecule has 0 fully saturated rings. The van der Waals surface area contributed by atoms with Gasteiger partial charge >= 0.3 is 6.03 Å². The molecule has 0 aliphatic heterocycles. The van der Waals surface area contributed by atoms with Gasteiger partial charge in [0, 0.05) is 18.3 Å². The zero-order valence-electron chi connectivity index (χ0n) is 13.8. The molecule has 2 aromatic carbocycles. The van der Waals surface area contributed by atoms with Gasteiger partial charge in [0.2, 0.25) is 5.91 Å². The van der Waals surface area contributed by atoms with Gasteiger partial charge in [-0.05, 0) is 43.3 Å². The third kappa shape index (κ3) is 6.00. The topological polar surface area (TPSA) is 79.5 Å². The van der Waals surface area contributed by atoms with E-state index < -0.39 is 0 Å². The van der Waals surface area contributed by atoms with E-state index in [1.54, 1.807) is 24.3 Å². The van der Waals surface area contributed by atoms with Gasteiger partial charge in [-0.2, -0.15) is 0 Å². The van der Waals surface area contributed by atoms with Crippen molar-refractivity contribution in [2.24, 2.45) is 0 Å². The van der Waals surface area contributed by atoms with Crippen LogP contribution in [-0.2, 0) is 4.79 Å². The molecular weight excluding hydrogens is 306 g/mol. The van der Waals surface area contributed by atoms with E-state index in [2.05, 4.69) is 16.0 Å². The summed E-state index contributed by atoms with van der Waals surface area (Å²) in [5, 5.41) is 8.09. The Morgan fingerprint density at radius 3 is 2.08 bits per heavy atom. The Morgan fingerprint density at radius 1 is 0.917 bits per heavy atom. The summed E-state index contributed by atoms with van der Waals surface area (Å²) < 4.78 is 5.53. The summed E-state index contributed by atoms with van der Waals surface area (Å²) in [5.74, 6) is 0.637. The first-order chi connectivity index (χ1) is 11.5. The molecule has 0 saturated heterocycles. The normalized spacial score (nSPS) is 9.92. The van der Waals surface area contributed by atoms with Gasteiger partial charge in [-0.25, -0.2) is 4.79 Å². The lowest BCUT2D eigenvalue weighted by molar-refractivity contribution is -0.114. The first kappa shape index (κ1) is 17.3. The zero-order valence-corrected chi connectivity index (χ0v) is 13.8. The monoisotopic (exact) mass is 327 g/mol. The molecule has 0 saturated carbocycles. The predicted molar refractivity (Wildman–Crippen MR) is 94.4 cm³/mol. The molecule has 0 spiro atoms. The zero-order chi connectivity index (χ0) is 17.4. The smallest absolute Gasteiger partial charge is 0.319 e. The van der Waals surface area contributed by atoms with Crippen molar-refractivity contribution in [3.05, 3.63) is 54.1 Å². The van der Waals surface area contributed by atoms with Crippen LogP contribution in [-0.4, -0.2) is 25.1 Å². The molecule has 0 bridgehead atoms. The molecule has 2 rings (SSSR count). The maximum absolute atomic E-state index is 11.8. The molecule has 0 aromatic heterocycles. The van der Waals surface area contributed by atoms with Crippen molar-refractivity contribution in [1.29, 1.82) is 0 Å². The molecule has 0 aliphatic rings. The van der Waals surface area contributed by atoms with Crippen LogP contribution < -0.4 is 20.7 Å². The molecule has 2 aromatic rings. The second-order valence-electron chi connectivity index (χ2n) is 5.30. The number of nitrogens with one attached hydrogen (secondary N) is 3. The van der Waals surface area contributed by atoms with Crippen LogP contribution in [0.2, 0.25) is 0 Å². The van der Waals surface area contributed by atoms with Gasteiger partial charge in [0.05, 0.1) is 6.54 Å². The van der Waals surface area contributed by atoms with Crippen molar-refractivity contribution < 1.29 is 14.3 Å². The van der Waals surface area contributed by atoms with Gasteiger partial charge in [-0.1, -0.05) is 17.7 Å². The average Bonchev–Trinajstić information content (AvgIpc) is 2.55. The van der Waals surface area contributed by atoms with E-state index in [9.17, 15) is 9.59 Å². The summed E-state index contributed by atoms with van der Waals surface area (Å²) in [6.07, 6.45) is 0. The highest BCUT2D eigenvalue weighted by Gasteiger charge is 2.02. The van der Waals surface area contributed by atoms with Crippen LogP contribution in [0.4, 0.5) is 16.2 Å². The first-order valence-electron chi connectivity index (χ1n) is 7.65. The number of carbonyl (C=O) groups excluding carboxylic acids is 2. The number of benzene rings is 2. The van der Waals surface area contributed by atoms with E-state index in [0.29, 0.717) is 24.5 Å².